The second-order valence-corrected chi connectivity index (χ2v) is 7.53. The van der Waals surface area contributed by atoms with E-state index in [-0.39, 0.29) is 22.4 Å². The Kier molecular flexibility index (Phi) is 4.94. The molecule has 3 heterocycles. The molecule has 1 aromatic carbocycles. The number of benzene rings is 1. The van der Waals surface area contributed by atoms with E-state index in [1.54, 1.807) is 11.0 Å². The van der Waals surface area contributed by atoms with Crippen molar-refractivity contribution >= 4 is 17.5 Å². The van der Waals surface area contributed by atoms with Crippen molar-refractivity contribution in [2.75, 3.05) is 13.1 Å². The minimum absolute atomic E-state index is 0.0325. The highest BCUT2D eigenvalue weighted by molar-refractivity contribution is 6.33. The molecule has 0 unspecified atom stereocenters. The maximum absolute atomic E-state index is 14.1. The lowest BCUT2D eigenvalue weighted by Crippen LogP contribution is -2.40. The third kappa shape index (κ3) is 3.22. The second kappa shape index (κ2) is 7.35. The Morgan fingerprint density at radius 2 is 2.04 bits per heavy atom. The fraction of sp³-hybridized carbons (Fsp3) is 0.526. The minimum atomic E-state index is -0.569. The molecule has 1 saturated heterocycles. The number of likely N-dealkylation sites (tertiary alicyclic amines) is 1. The maximum atomic E-state index is 14.1. The molecule has 0 aliphatic carbocycles. The smallest absolute Gasteiger partial charge is 0.258 e. The lowest BCUT2D eigenvalue weighted by Gasteiger charge is -2.32. The summed E-state index contributed by atoms with van der Waals surface area (Å²) in [6.45, 7) is 2.09. The average molecular weight is 377 g/mol. The summed E-state index contributed by atoms with van der Waals surface area (Å²) in [5.41, 5.74) is -0.0325. The van der Waals surface area contributed by atoms with Gasteiger partial charge >= 0.3 is 0 Å². The number of hydrogen-bond donors (Lipinski definition) is 0. The van der Waals surface area contributed by atoms with Crippen LogP contribution in [0.3, 0.4) is 0 Å². The number of nitrogens with zero attached hydrogens (tertiary/aromatic N) is 4. The third-order valence-electron chi connectivity index (χ3n) is 5.39. The monoisotopic (exact) mass is 376 g/mol. The summed E-state index contributed by atoms with van der Waals surface area (Å²) in [6.07, 6.45) is 6.30. The molecule has 0 bridgehead atoms. The molecule has 2 aliphatic heterocycles. The molecule has 0 N–H and O–H groups in total. The molecular formula is C19H22ClFN4O. The largest absolute Gasteiger partial charge is 0.338 e. The molecule has 5 nitrogen and oxygen atoms in total. The molecule has 1 aromatic heterocycles. The third-order valence-corrected chi connectivity index (χ3v) is 5.70. The van der Waals surface area contributed by atoms with E-state index in [1.807, 2.05) is 0 Å². The topological polar surface area (TPSA) is 51.0 Å². The number of rotatable bonds is 2. The first kappa shape index (κ1) is 17.5. The predicted octanol–water partition coefficient (Wildman–Crippen LogP) is 3.82. The molecule has 26 heavy (non-hydrogen) atoms. The van der Waals surface area contributed by atoms with E-state index in [2.05, 4.69) is 14.8 Å². The number of hydrogen-bond acceptors (Lipinski definition) is 3. The van der Waals surface area contributed by atoms with Gasteiger partial charge in [0.1, 0.15) is 17.5 Å². The zero-order valence-electron chi connectivity index (χ0n) is 14.6. The number of piperidine rings is 1. The van der Waals surface area contributed by atoms with Crippen molar-refractivity contribution in [2.45, 2.75) is 51.0 Å². The van der Waals surface area contributed by atoms with E-state index in [4.69, 9.17) is 11.6 Å². The molecular weight excluding hydrogens is 355 g/mol. The van der Waals surface area contributed by atoms with Gasteiger partial charge in [-0.05, 0) is 37.8 Å². The van der Waals surface area contributed by atoms with Crippen molar-refractivity contribution in [3.8, 4) is 0 Å². The van der Waals surface area contributed by atoms with E-state index < -0.39 is 5.82 Å². The number of halogens is 2. The number of fused-ring (bicyclic) bond motifs is 1. The Hall–Kier alpha value is -1.95. The zero-order chi connectivity index (χ0) is 18.1. The van der Waals surface area contributed by atoms with Crippen LogP contribution in [0.15, 0.2) is 18.2 Å². The summed E-state index contributed by atoms with van der Waals surface area (Å²) in [7, 11) is 0. The van der Waals surface area contributed by atoms with Gasteiger partial charge in [0, 0.05) is 32.0 Å². The van der Waals surface area contributed by atoms with Crippen molar-refractivity contribution in [3.05, 3.63) is 46.3 Å². The summed E-state index contributed by atoms with van der Waals surface area (Å²) < 4.78 is 16.4. The number of carbonyl (C=O) groups excluding carboxylic acids is 1. The number of amides is 1. The number of aryl methyl sites for hydroxylation is 1. The van der Waals surface area contributed by atoms with Gasteiger partial charge in [0.15, 0.2) is 0 Å². The molecule has 1 fully saturated rings. The Labute approximate surface area is 157 Å². The highest BCUT2D eigenvalue weighted by Gasteiger charge is 2.31. The van der Waals surface area contributed by atoms with Crippen LogP contribution in [0.4, 0.5) is 4.39 Å². The van der Waals surface area contributed by atoms with Gasteiger partial charge in [-0.3, -0.25) is 4.79 Å². The van der Waals surface area contributed by atoms with Crippen molar-refractivity contribution in [1.29, 1.82) is 0 Å². The van der Waals surface area contributed by atoms with E-state index in [0.717, 1.165) is 50.3 Å². The normalized spacial score (nSPS) is 20.5. The number of aromatic nitrogens is 3. The highest BCUT2D eigenvalue weighted by Crippen LogP contribution is 2.30. The minimum Gasteiger partial charge on any atom is -0.338 e. The van der Waals surface area contributed by atoms with Crippen LogP contribution in [0.25, 0.3) is 0 Å². The van der Waals surface area contributed by atoms with E-state index in [0.29, 0.717) is 13.1 Å². The van der Waals surface area contributed by atoms with Crippen LogP contribution >= 0.6 is 11.6 Å². The van der Waals surface area contributed by atoms with Crippen LogP contribution in [0.1, 0.15) is 60.0 Å². The zero-order valence-corrected chi connectivity index (χ0v) is 15.4. The van der Waals surface area contributed by atoms with Crippen LogP contribution in [-0.2, 0) is 13.0 Å². The summed E-state index contributed by atoms with van der Waals surface area (Å²) in [4.78, 5) is 14.6. The molecule has 2 aromatic rings. The van der Waals surface area contributed by atoms with Gasteiger partial charge in [0.25, 0.3) is 5.91 Å². The first-order valence-electron chi connectivity index (χ1n) is 9.30. The maximum Gasteiger partial charge on any atom is 0.258 e. The Balaban J connectivity index is 1.57. The van der Waals surface area contributed by atoms with Gasteiger partial charge in [0.2, 0.25) is 0 Å². The second-order valence-electron chi connectivity index (χ2n) is 7.12. The van der Waals surface area contributed by atoms with Crippen LogP contribution < -0.4 is 0 Å². The van der Waals surface area contributed by atoms with Gasteiger partial charge in [-0.1, -0.05) is 24.1 Å². The van der Waals surface area contributed by atoms with Crippen LogP contribution in [-0.4, -0.2) is 38.7 Å². The quantitative estimate of drug-likeness (QED) is 0.800. The van der Waals surface area contributed by atoms with E-state index in [1.165, 1.54) is 18.6 Å². The molecule has 0 saturated carbocycles. The van der Waals surface area contributed by atoms with Gasteiger partial charge in [-0.15, -0.1) is 10.2 Å². The average Bonchev–Trinajstić information content (AvgIpc) is 2.90. The fourth-order valence-corrected chi connectivity index (χ4v) is 4.29. The van der Waals surface area contributed by atoms with E-state index in [9.17, 15) is 9.18 Å². The SMILES string of the molecule is O=C(c1c(F)cccc1Cl)N1CCC[C@H](c2nnc3n2CCCCC3)C1. The van der Waals surface area contributed by atoms with Crippen LogP contribution in [0.5, 0.6) is 0 Å². The molecule has 4 rings (SSSR count). The Morgan fingerprint density at radius 3 is 2.88 bits per heavy atom. The molecule has 7 heteroatoms. The fourth-order valence-electron chi connectivity index (χ4n) is 4.04. The summed E-state index contributed by atoms with van der Waals surface area (Å²) >= 11 is 6.08. The van der Waals surface area contributed by atoms with Crippen molar-refractivity contribution in [1.82, 2.24) is 19.7 Å². The summed E-state index contributed by atoms with van der Waals surface area (Å²) in [5, 5.41) is 8.98. The first-order valence-corrected chi connectivity index (χ1v) is 9.68. The van der Waals surface area contributed by atoms with E-state index >= 15 is 0 Å². The van der Waals surface area contributed by atoms with Crippen molar-refractivity contribution in [2.24, 2.45) is 0 Å². The summed E-state index contributed by atoms with van der Waals surface area (Å²) in [5.74, 6) is 1.25. The first-order chi connectivity index (χ1) is 12.6. The molecule has 0 radical (unpaired) electrons. The van der Waals surface area contributed by atoms with Crippen LogP contribution in [0, 0.1) is 5.82 Å². The van der Waals surface area contributed by atoms with Gasteiger partial charge in [0.05, 0.1) is 10.6 Å². The van der Waals surface area contributed by atoms with Gasteiger partial charge in [-0.2, -0.15) is 0 Å². The molecule has 2 aliphatic rings. The highest BCUT2D eigenvalue weighted by atomic mass is 35.5. The van der Waals surface area contributed by atoms with Crippen molar-refractivity contribution < 1.29 is 9.18 Å². The van der Waals surface area contributed by atoms with Gasteiger partial charge < -0.3 is 9.47 Å². The lowest BCUT2D eigenvalue weighted by molar-refractivity contribution is 0.0698. The molecule has 0 spiro atoms. The Morgan fingerprint density at radius 1 is 1.15 bits per heavy atom. The lowest BCUT2D eigenvalue weighted by atomic mass is 9.96. The Bertz CT molecular complexity index is 802. The van der Waals surface area contributed by atoms with Gasteiger partial charge in [-0.25, -0.2) is 4.39 Å². The molecule has 1 amide bonds. The van der Waals surface area contributed by atoms with Crippen LogP contribution in [0.2, 0.25) is 5.02 Å². The summed E-state index contributed by atoms with van der Waals surface area (Å²) in [6, 6.07) is 4.34. The standard InChI is InChI=1S/C19H22ClFN4O/c20-14-7-4-8-15(21)17(14)19(26)24-10-5-6-13(12-24)18-23-22-16-9-2-1-3-11-25(16)18/h4,7-8,13H,1-3,5-6,9-12H2/t13-/m0/s1. The number of carbonyl (C=O) groups is 1. The molecule has 1 atom stereocenters. The van der Waals surface area contributed by atoms with Crippen molar-refractivity contribution in [3.63, 3.8) is 0 Å². The molecule has 138 valence electrons. The predicted molar refractivity (Wildman–Crippen MR) is 96.9 cm³/mol.